The highest BCUT2D eigenvalue weighted by Crippen LogP contribution is 2.31. The fourth-order valence-corrected chi connectivity index (χ4v) is 3.53. The van der Waals surface area contributed by atoms with E-state index in [1.807, 2.05) is 12.1 Å². The fraction of sp³-hybridized carbons (Fsp3) is 0.294. The van der Waals surface area contributed by atoms with Crippen molar-refractivity contribution in [1.82, 2.24) is 30.1 Å². The van der Waals surface area contributed by atoms with Gasteiger partial charge in [-0.3, -0.25) is 5.10 Å². The zero-order chi connectivity index (χ0) is 15.9. The lowest BCUT2D eigenvalue weighted by molar-refractivity contribution is 0.488. The molecule has 0 aliphatic carbocycles. The summed E-state index contributed by atoms with van der Waals surface area (Å²) in [6.07, 6.45) is 5.52. The van der Waals surface area contributed by atoms with Crippen molar-refractivity contribution < 1.29 is 0 Å². The normalized spacial score (nSPS) is 16.2. The SMILES string of the molecule is c1ccc2[nH]c(C3CCN(c4ncnc5[nH]ncc45)CC3)nc2c1. The highest BCUT2D eigenvalue weighted by molar-refractivity contribution is 5.86. The van der Waals surface area contributed by atoms with Gasteiger partial charge in [-0.1, -0.05) is 12.1 Å². The number of benzene rings is 1. The number of rotatable bonds is 2. The first-order chi connectivity index (χ1) is 11.9. The monoisotopic (exact) mass is 319 g/mol. The zero-order valence-corrected chi connectivity index (χ0v) is 13.1. The molecule has 5 rings (SSSR count). The molecule has 1 fully saturated rings. The number of imidazole rings is 1. The molecular formula is C17H17N7. The Morgan fingerprint density at radius 2 is 1.96 bits per heavy atom. The van der Waals surface area contributed by atoms with E-state index in [1.54, 1.807) is 12.5 Å². The molecule has 120 valence electrons. The molecule has 3 aromatic heterocycles. The molecule has 7 nitrogen and oxygen atoms in total. The quantitative estimate of drug-likeness (QED) is 0.593. The summed E-state index contributed by atoms with van der Waals surface area (Å²) in [4.78, 5) is 19.2. The van der Waals surface area contributed by atoms with Gasteiger partial charge in [0.15, 0.2) is 5.65 Å². The Bertz CT molecular complexity index is 961. The molecule has 0 radical (unpaired) electrons. The van der Waals surface area contributed by atoms with Crippen molar-refractivity contribution in [2.45, 2.75) is 18.8 Å². The third-order valence-electron chi connectivity index (χ3n) is 4.82. The van der Waals surface area contributed by atoms with Gasteiger partial charge in [-0.25, -0.2) is 15.0 Å². The Hall–Kier alpha value is -2.96. The number of H-pyrrole nitrogens is 2. The van der Waals surface area contributed by atoms with Crippen LogP contribution < -0.4 is 4.90 Å². The molecule has 0 bridgehead atoms. The molecular weight excluding hydrogens is 302 g/mol. The number of aromatic amines is 2. The summed E-state index contributed by atoms with van der Waals surface area (Å²) in [5.41, 5.74) is 2.95. The lowest BCUT2D eigenvalue weighted by atomic mass is 9.96. The fourth-order valence-electron chi connectivity index (χ4n) is 3.53. The number of hydrogen-bond donors (Lipinski definition) is 2. The second-order valence-corrected chi connectivity index (χ2v) is 6.23. The Labute approximate surface area is 138 Å². The van der Waals surface area contributed by atoms with Gasteiger partial charge in [0.25, 0.3) is 0 Å². The Morgan fingerprint density at radius 3 is 2.83 bits per heavy atom. The second-order valence-electron chi connectivity index (χ2n) is 6.23. The molecule has 24 heavy (non-hydrogen) atoms. The Kier molecular flexibility index (Phi) is 2.97. The summed E-state index contributed by atoms with van der Waals surface area (Å²) in [7, 11) is 0. The Morgan fingerprint density at radius 1 is 1.08 bits per heavy atom. The standard InChI is InChI=1S/C17H17N7/c1-2-4-14-13(3-1)21-15(22-14)11-5-7-24(8-6-11)17-12-9-20-23-16(12)18-10-19-17/h1-4,9-11H,5-8H2,(H,21,22)(H,18,19,20,23). The highest BCUT2D eigenvalue weighted by atomic mass is 15.2. The van der Waals surface area contributed by atoms with E-state index in [2.05, 4.69) is 42.2 Å². The van der Waals surface area contributed by atoms with Crippen LogP contribution in [0, 0.1) is 0 Å². The number of fused-ring (bicyclic) bond motifs is 2. The summed E-state index contributed by atoms with van der Waals surface area (Å²) in [5.74, 6) is 2.54. The lowest BCUT2D eigenvalue weighted by Crippen LogP contribution is -2.33. The van der Waals surface area contributed by atoms with E-state index in [0.717, 1.165) is 59.6 Å². The predicted octanol–water partition coefficient (Wildman–Crippen LogP) is 2.61. The first-order valence-corrected chi connectivity index (χ1v) is 8.22. The van der Waals surface area contributed by atoms with Gasteiger partial charge in [-0.15, -0.1) is 0 Å². The summed E-state index contributed by atoms with van der Waals surface area (Å²) in [6.45, 7) is 1.91. The van der Waals surface area contributed by atoms with E-state index in [4.69, 9.17) is 4.98 Å². The Balaban J connectivity index is 1.38. The molecule has 0 saturated carbocycles. The number of nitrogens with zero attached hydrogens (tertiary/aromatic N) is 5. The molecule has 4 heterocycles. The number of piperidine rings is 1. The van der Waals surface area contributed by atoms with Crippen molar-refractivity contribution >= 4 is 27.9 Å². The smallest absolute Gasteiger partial charge is 0.160 e. The summed E-state index contributed by atoms with van der Waals surface area (Å²) < 4.78 is 0. The predicted molar refractivity (Wildman–Crippen MR) is 92.0 cm³/mol. The minimum Gasteiger partial charge on any atom is -0.356 e. The molecule has 4 aromatic rings. The number of para-hydroxylation sites is 2. The first-order valence-electron chi connectivity index (χ1n) is 8.22. The van der Waals surface area contributed by atoms with Gasteiger partial charge in [-0.2, -0.15) is 5.10 Å². The van der Waals surface area contributed by atoms with Gasteiger partial charge in [0.1, 0.15) is 18.0 Å². The van der Waals surface area contributed by atoms with Crippen molar-refractivity contribution in [3.63, 3.8) is 0 Å². The van der Waals surface area contributed by atoms with Crippen LogP contribution in [0.1, 0.15) is 24.6 Å². The van der Waals surface area contributed by atoms with E-state index < -0.39 is 0 Å². The summed E-state index contributed by atoms with van der Waals surface area (Å²) in [6, 6.07) is 8.21. The van der Waals surface area contributed by atoms with Crippen LogP contribution in [0.25, 0.3) is 22.1 Å². The van der Waals surface area contributed by atoms with Gasteiger partial charge in [0.2, 0.25) is 0 Å². The van der Waals surface area contributed by atoms with E-state index in [-0.39, 0.29) is 0 Å². The lowest BCUT2D eigenvalue weighted by Gasteiger charge is -2.32. The average molecular weight is 319 g/mol. The molecule has 1 aliphatic heterocycles. The van der Waals surface area contributed by atoms with Gasteiger partial charge in [0.05, 0.1) is 22.6 Å². The minimum atomic E-state index is 0.468. The first kappa shape index (κ1) is 13.5. The van der Waals surface area contributed by atoms with Crippen LogP contribution in [0.4, 0.5) is 5.82 Å². The number of anilines is 1. The van der Waals surface area contributed by atoms with Crippen LogP contribution in [0.15, 0.2) is 36.8 Å². The van der Waals surface area contributed by atoms with Crippen LogP contribution >= 0.6 is 0 Å². The third kappa shape index (κ3) is 2.12. The average Bonchev–Trinajstić information content (AvgIpc) is 3.28. The molecule has 7 heteroatoms. The van der Waals surface area contributed by atoms with Crippen LogP contribution in [0.5, 0.6) is 0 Å². The molecule has 1 saturated heterocycles. The maximum Gasteiger partial charge on any atom is 0.160 e. The van der Waals surface area contributed by atoms with Crippen LogP contribution in [0.2, 0.25) is 0 Å². The topological polar surface area (TPSA) is 86.4 Å². The molecule has 0 amide bonds. The van der Waals surface area contributed by atoms with Crippen LogP contribution in [-0.2, 0) is 0 Å². The van der Waals surface area contributed by atoms with E-state index in [9.17, 15) is 0 Å². The number of aromatic nitrogens is 6. The third-order valence-corrected chi connectivity index (χ3v) is 4.82. The molecule has 0 atom stereocenters. The molecule has 1 aliphatic rings. The maximum absolute atomic E-state index is 4.76. The van der Waals surface area contributed by atoms with Gasteiger partial charge < -0.3 is 9.88 Å². The van der Waals surface area contributed by atoms with Crippen molar-refractivity contribution in [2.24, 2.45) is 0 Å². The number of hydrogen-bond acceptors (Lipinski definition) is 5. The van der Waals surface area contributed by atoms with Gasteiger partial charge >= 0.3 is 0 Å². The van der Waals surface area contributed by atoms with Crippen LogP contribution in [0.3, 0.4) is 0 Å². The molecule has 2 N–H and O–H groups in total. The van der Waals surface area contributed by atoms with E-state index in [1.165, 1.54) is 0 Å². The van der Waals surface area contributed by atoms with Gasteiger partial charge in [0, 0.05) is 19.0 Å². The minimum absolute atomic E-state index is 0.468. The molecule has 0 spiro atoms. The van der Waals surface area contributed by atoms with E-state index >= 15 is 0 Å². The number of nitrogens with one attached hydrogen (secondary N) is 2. The van der Waals surface area contributed by atoms with Crippen molar-refractivity contribution in [1.29, 1.82) is 0 Å². The van der Waals surface area contributed by atoms with Crippen molar-refractivity contribution in [2.75, 3.05) is 18.0 Å². The summed E-state index contributed by atoms with van der Waals surface area (Å²) >= 11 is 0. The van der Waals surface area contributed by atoms with E-state index in [0.29, 0.717) is 5.92 Å². The molecule has 0 unspecified atom stereocenters. The largest absolute Gasteiger partial charge is 0.356 e. The van der Waals surface area contributed by atoms with Gasteiger partial charge in [-0.05, 0) is 25.0 Å². The second kappa shape index (κ2) is 5.30. The highest BCUT2D eigenvalue weighted by Gasteiger charge is 2.25. The summed E-state index contributed by atoms with van der Waals surface area (Å²) in [5, 5.41) is 7.97. The van der Waals surface area contributed by atoms with Crippen molar-refractivity contribution in [3.05, 3.63) is 42.6 Å². The molecule has 1 aromatic carbocycles. The maximum atomic E-state index is 4.76. The zero-order valence-electron chi connectivity index (χ0n) is 13.1. The van der Waals surface area contributed by atoms with Crippen LogP contribution in [-0.4, -0.2) is 43.2 Å². The van der Waals surface area contributed by atoms with Crippen molar-refractivity contribution in [3.8, 4) is 0 Å².